The molecule has 0 radical (unpaired) electrons. The molecule has 0 atom stereocenters. The first-order chi connectivity index (χ1) is 9.65. The number of benzene rings is 2. The second kappa shape index (κ2) is 7.13. The van der Waals surface area contributed by atoms with Crippen molar-refractivity contribution in [3.05, 3.63) is 75.8 Å². The van der Waals surface area contributed by atoms with Crippen LogP contribution in [0.4, 0.5) is 0 Å². The second-order valence-electron chi connectivity index (χ2n) is 4.22. The first-order valence-corrected chi connectivity index (χ1v) is 6.88. The van der Waals surface area contributed by atoms with E-state index in [1.807, 2.05) is 36.4 Å². The van der Waals surface area contributed by atoms with Crippen LogP contribution < -0.4 is 5.73 Å². The van der Waals surface area contributed by atoms with E-state index in [-0.39, 0.29) is 0 Å². The van der Waals surface area contributed by atoms with Gasteiger partial charge in [-0.2, -0.15) is 0 Å². The van der Waals surface area contributed by atoms with Gasteiger partial charge in [-0.25, -0.2) is 0 Å². The minimum atomic E-state index is 0.407. The van der Waals surface area contributed by atoms with Crippen LogP contribution in [0.3, 0.4) is 0 Å². The summed E-state index contributed by atoms with van der Waals surface area (Å²) in [6.45, 7) is 0.407. The summed E-state index contributed by atoms with van der Waals surface area (Å²) in [7, 11) is 0. The van der Waals surface area contributed by atoms with E-state index >= 15 is 0 Å². The van der Waals surface area contributed by atoms with Gasteiger partial charge < -0.3 is 5.73 Å². The van der Waals surface area contributed by atoms with E-state index in [4.69, 9.17) is 28.9 Å². The Morgan fingerprint density at radius 1 is 1.10 bits per heavy atom. The molecule has 0 aromatic heterocycles. The van der Waals surface area contributed by atoms with Gasteiger partial charge in [0.1, 0.15) is 5.84 Å². The minimum absolute atomic E-state index is 0.407. The van der Waals surface area contributed by atoms with E-state index < -0.39 is 0 Å². The van der Waals surface area contributed by atoms with Crippen LogP contribution in [0, 0.1) is 0 Å². The van der Waals surface area contributed by atoms with Gasteiger partial charge in [0.15, 0.2) is 0 Å². The molecule has 0 fully saturated rings. The van der Waals surface area contributed by atoms with Gasteiger partial charge in [-0.15, -0.1) is 0 Å². The fourth-order valence-corrected chi connectivity index (χ4v) is 2.01. The van der Waals surface area contributed by atoms with Crippen LogP contribution in [0.15, 0.2) is 59.6 Å². The Balaban J connectivity index is 2.04. The van der Waals surface area contributed by atoms with Crippen LogP contribution in [0.1, 0.15) is 11.1 Å². The molecule has 2 nitrogen and oxygen atoms in total. The lowest BCUT2D eigenvalue weighted by Crippen LogP contribution is -2.08. The summed E-state index contributed by atoms with van der Waals surface area (Å²) < 4.78 is 0. The molecular weight excluding hydrogens is 291 g/mol. The molecular formula is C16H14Cl2N2. The Hall–Kier alpha value is -1.77. The number of amidine groups is 1. The van der Waals surface area contributed by atoms with Gasteiger partial charge in [-0.3, -0.25) is 4.99 Å². The third-order valence-electron chi connectivity index (χ3n) is 2.69. The highest BCUT2D eigenvalue weighted by molar-refractivity contribution is 6.33. The zero-order valence-electron chi connectivity index (χ0n) is 10.8. The number of halogens is 2. The average molecular weight is 305 g/mol. The molecule has 102 valence electrons. The molecule has 0 heterocycles. The highest BCUT2D eigenvalue weighted by atomic mass is 35.5. The van der Waals surface area contributed by atoms with E-state index in [2.05, 4.69) is 4.99 Å². The van der Waals surface area contributed by atoms with Crippen LogP contribution in [-0.4, -0.2) is 5.84 Å². The second-order valence-corrected chi connectivity index (χ2v) is 5.06. The first-order valence-electron chi connectivity index (χ1n) is 6.12. The summed E-state index contributed by atoms with van der Waals surface area (Å²) >= 11 is 12.0. The molecule has 0 aliphatic carbocycles. The highest BCUT2D eigenvalue weighted by Gasteiger charge is 2.00. The minimum Gasteiger partial charge on any atom is -0.384 e. The molecule has 0 bridgehead atoms. The molecule has 0 unspecified atom stereocenters. The zero-order chi connectivity index (χ0) is 14.4. The van der Waals surface area contributed by atoms with Crippen molar-refractivity contribution in [2.24, 2.45) is 10.7 Å². The number of hydrogen-bond donors (Lipinski definition) is 1. The quantitative estimate of drug-likeness (QED) is 0.652. The third-order valence-corrected chi connectivity index (χ3v) is 3.29. The first kappa shape index (κ1) is 14.6. The molecule has 0 aliphatic rings. The van der Waals surface area contributed by atoms with Gasteiger partial charge in [0.05, 0.1) is 6.54 Å². The summed E-state index contributed by atoms with van der Waals surface area (Å²) in [5.41, 5.74) is 7.78. The van der Waals surface area contributed by atoms with Crippen molar-refractivity contribution in [3.8, 4) is 0 Å². The van der Waals surface area contributed by atoms with Crippen molar-refractivity contribution >= 4 is 35.1 Å². The number of hydrogen-bond acceptors (Lipinski definition) is 1. The Morgan fingerprint density at radius 3 is 2.60 bits per heavy atom. The molecule has 0 saturated heterocycles. The third kappa shape index (κ3) is 4.41. The normalized spacial score (nSPS) is 12.0. The molecule has 20 heavy (non-hydrogen) atoms. The zero-order valence-corrected chi connectivity index (χ0v) is 12.3. The van der Waals surface area contributed by atoms with E-state index in [0.717, 1.165) is 11.1 Å². The van der Waals surface area contributed by atoms with Crippen molar-refractivity contribution in [1.29, 1.82) is 0 Å². The van der Waals surface area contributed by atoms with Gasteiger partial charge in [0.2, 0.25) is 0 Å². The lowest BCUT2D eigenvalue weighted by Gasteiger charge is -2.01. The Bertz CT molecular complexity index is 634. The molecule has 2 aromatic carbocycles. The molecule has 0 spiro atoms. The summed E-state index contributed by atoms with van der Waals surface area (Å²) in [6, 6.07) is 15.2. The van der Waals surface area contributed by atoms with Crippen LogP contribution >= 0.6 is 23.2 Å². The van der Waals surface area contributed by atoms with Gasteiger partial charge >= 0.3 is 0 Å². The lowest BCUT2D eigenvalue weighted by atomic mass is 10.2. The molecule has 2 aromatic rings. The van der Waals surface area contributed by atoms with Gasteiger partial charge in [0, 0.05) is 10.0 Å². The fraction of sp³-hybridized carbons (Fsp3) is 0.0625. The summed E-state index contributed by atoms with van der Waals surface area (Å²) in [6.07, 6.45) is 3.69. The lowest BCUT2D eigenvalue weighted by molar-refractivity contribution is 1.06. The van der Waals surface area contributed by atoms with Crippen LogP contribution in [0.5, 0.6) is 0 Å². The topological polar surface area (TPSA) is 38.4 Å². The van der Waals surface area contributed by atoms with Gasteiger partial charge in [-0.05, 0) is 35.4 Å². The number of nitrogens with two attached hydrogens (primary N) is 1. The van der Waals surface area contributed by atoms with Crippen molar-refractivity contribution in [1.82, 2.24) is 0 Å². The van der Waals surface area contributed by atoms with Crippen molar-refractivity contribution in [3.63, 3.8) is 0 Å². The monoisotopic (exact) mass is 304 g/mol. The summed E-state index contributed by atoms with van der Waals surface area (Å²) in [4.78, 5) is 4.28. The Kier molecular flexibility index (Phi) is 5.22. The standard InChI is InChI=1S/C16H14Cl2N2/c17-14-7-8-15(18)13(10-14)11-20-16(19)9-6-12-4-2-1-3-5-12/h1-10H,11H2,(H2,19,20)/b9-6+. The SMILES string of the molecule is NC(/C=C/c1ccccc1)=NCc1cc(Cl)ccc1Cl. The predicted octanol–water partition coefficient (Wildman–Crippen LogP) is 4.56. The van der Waals surface area contributed by atoms with E-state index in [1.165, 1.54) is 0 Å². The van der Waals surface area contributed by atoms with Crippen molar-refractivity contribution < 1.29 is 0 Å². The molecule has 4 heteroatoms. The van der Waals surface area contributed by atoms with Crippen LogP contribution in [0.2, 0.25) is 10.0 Å². The fourth-order valence-electron chi connectivity index (χ4n) is 1.64. The largest absolute Gasteiger partial charge is 0.384 e. The Labute approximate surface area is 128 Å². The number of nitrogens with zero attached hydrogens (tertiary/aromatic N) is 1. The maximum Gasteiger partial charge on any atom is 0.118 e. The molecule has 0 aliphatic heterocycles. The van der Waals surface area contributed by atoms with Gasteiger partial charge in [-0.1, -0.05) is 59.6 Å². The predicted molar refractivity (Wildman–Crippen MR) is 87.3 cm³/mol. The van der Waals surface area contributed by atoms with E-state index in [9.17, 15) is 0 Å². The van der Waals surface area contributed by atoms with Gasteiger partial charge in [0.25, 0.3) is 0 Å². The van der Waals surface area contributed by atoms with Crippen LogP contribution in [0.25, 0.3) is 6.08 Å². The smallest absolute Gasteiger partial charge is 0.118 e. The van der Waals surface area contributed by atoms with E-state index in [0.29, 0.717) is 22.4 Å². The summed E-state index contributed by atoms with van der Waals surface area (Å²) in [5.74, 6) is 0.449. The van der Waals surface area contributed by atoms with Crippen molar-refractivity contribution in [2.75, 3.05) is 0 Å². The molecule has 0 amide bonds. The van der Waals surface area contributed by atoms with E-state index in [1.54, 1.807) is 24.3 Å². The maximum absolute atomic E-state index is 6.07. The maximum atomic E-state index is 6.07. The van der Waals surface area contributed by atoms with Crippen molar-refractivity contribution in [2.45, 2.75) is 6.54 Å². The number of aliphatic imine (C=N–C) groups is 1. The molecule has 0 saturated carbocycles. The molecule has 2 rings (SSSR count). The molecule has 2 N–H and O–H groups in total. The Morgan fingerprint density at radius 2 is 1.85 bits per heavy atom. The number of rotatable bonds is 4. The van der Waals surface area contributed by atoms with Crippen LogP contribution in [-0.2, 0) is 6.54 Å². The highest BCUT2D eigenvalue weighted by Crippen LogP contribution is 2.21. The summed E-state index contributed by atoms with van der Waals surface area (Å²) in [5, 5.41) is 1.27. The average Bonchev–Trinajstić information content (AvgIpc) is 2.47.